The van der Waals surface area contributed by atoms with Crippen LogP contribution in [0, 0.1) is 11.3 Å². The highest BCUT2D eigenvalue weighted by Gasteiger charge is 2.34. The molecule has 0 atom stereocenters. The predicted octanol–water partition coefficient (Wildman–Crippen LogP) is 2.83. The van der Waals surface area contributed by atoms with Crippen molar-refractivity contribution < 1.29 is 18.0 Å². The zero-order valence-electron chi connectivity index (χ0n) is 13.3. The molecule has 132 valence electrons. The number of nitrogen functional groups attached to an aromatic ring is 1. The number of hydrogen-bond acceptors (Lipinski definition) is 5. The third-order valence-corrected chi connectivity index (χ3v) is 3.58. The first-order valence-electron chi connectivity index (χ1n) is 7.23. The number of hydrogen-bond donors (Lipinski definition) is 2. The lowest BCUT2D eigenvalue weighted by Gasteiger charge is -2.11. The van der Waals surface area contributed by atoms with Crippen LogP contribution >= 0.6 is 0 Å². The van der Waals surface area contributed by atoms with Gasteiger partial charge in [0.1, 0.15) is 17.5 Å². The smallest absolute Gasteiger partial charge is 0.383 e. The monoisotopic (exact) mass is 360 g/mol. The van der Waals surface area contributed by atoms with E-state index in [-0.39, 0.29) is 17.1 Å². The normalized spacial score (nSPS) is 11.3. The van der Waals surface area contributed by atoms with Crippen LogP contribution in [0.15, 0.2) is 30.6 Å². The van der Waals surface area contributed by atoms with Crippen LogP contribution in [0.4, 0.5) is 24.8 Å². The summed E-state index contributed by atoms with van der Waals surface area (Å²) < 4.78 is 40.4. The van der Waals surface area contributed by atoms with Crippen molar-refractivity contribution in [2.24, 2.45) is 0 Å². The molecule has 0 fully saturated rings. The molecule has 0 unspecified atom stereocenters. The zero-order valence-corrected chi connectivity index (χ0v) is 13.3. The van der Waals surface area contributed by atoms with Crippen LogP contribution in [-0.2, 0) is 11.0 Å². The topological polar surface area (TPSA) is 109 Å². The molecule has 0 spiro atoms. The highest BCUT2D eigenvalue weighted by molar-refractivity contribution is 5.89. The molecule has 3 heterocycles. The molecule has 0 aromatic carbocycles. The number of nitrogens with two attached hydrogens (primary N) is 1. The largest absolute Gasteiger partial charge is 0.419 e. The fourth-order valence-electron chi connectivity index (χ4n) is 2.44. The number of nitriles is 1. The van der Waals surface area contributed by atoms with Gasteiger partial charge in [-0.15, -0.1) is 0 Å². The number of carbonyl (C=O) groups excluding carboxylic acids is 1. The molecule has 0 aliphatic rings. The maximum Gasteiger partial charge on any atom is 0.419 e. The van der Waals surface area contributed by atoms with E-state index in [9.17, 15) is 23.2 Å². The lowest BCUT2D eigenvalue weighted by Crippen LogP contribution is -2.10. The average molecular weight is 360 g/mol. The van der Waals surface area contributed by atoms with Crippen molar-refractivity contribution in [2.75, 3.05) is 11.1 Å². The van der Waals surface area contributed by atoms with Gasteiger partial charge in [-0.2, -0.15) is 18.4 Å². The molecule has 3 N–H and O–H groups in total. The number of pyridine rings is 2. The van der Waals surface area contributed by atoms with E-state index in [0.29, 0.717) is 11.2 Å². The van der Waals surface area contributed by atoms with Gasteiger partial charge in [-0.3, -0.25) is 9.20 Å². The van der Waals surface area contributed by atoms with Crippen LogP contribution in [0.2, 0.25) is 0 Å². The second kappa shape index (κ2) is 6.03. The minimum absolute atomic E-state index is 0.0523. The first-order chi connectivity index (χ1) is 12.2. The first kappa shape index (κ1) is 17.2. The molecule has 3 rings (SSSR count). The fourth-order valence-corrected chi connectivity index (χ4v) is 2.44. The summed E-state index contributed by atoms with van der Waals surface area (Å²) in [4.78, 5) is 18.9. The minimum Gasteiger partial charge on any atom is -0.383 e. The predicted molar refractivity (Wildman–Crippen MR) is 86.9 cm³/mol. The van der Waals surface area contributed by atoms with Gasteiger partial charge in [0, 0.05) is 30.4 Å². The standard InChI is InChI=1S/C16H11F3N6O/c1-8(26)23-15-12(5-20)25-7-9(2-3-13(25)24-15)10-4-11(16(17,18)19)14(21)22-6-10/h2-4,6-7H,1H3,(H2,21,22)(H,23,26). The molecule has 0 saturated carbocycles. The van der Waals surface area contributed by atoms with Crippen LogP contribution < -0.4 is 11.1 Å². The molecule has 0 bridgehead atoms. The molecular formula is C16H11F3N6O. The number of halogens is 3. The lowest BCUT2D eigenvalue weighted by atomic mass is 10.1. The Kier molecular flexibility index (Phi) is 4.00. The van der Waals surface area contributed by atoms with Crippen molar-refractivity contribution in [1.29, 1.82) is 5.26 Å². The number of nitrogens with one attached hydrogen (secondary N) is 1. The number of imidazole rings is 1. The van der Waals surface area contributed by atoms with Crippen molar-refractivity contribution in [1.82, 2.24) is 14.4 Å². The second-order valence-electron chi connectivity index (χ2n) is 5.40. The zero-order chi connectivity index (χ0) is 19.1. The Bertz CT molecular complexity index is 1060. The van der Waals surface area contributed by atoms with Gasteiger partial charge in [-0.25, -0.2) is 9.97 Å². The molecule has 0 radical (unpaired) electrons. The molecule has 7 nitrogen and oxygen atoms in total. The quantitative estimate of drug-likeness (QED) is 0.730. The molecular weight excluding hydrogens is 349 g/mol. The third-order valence-electron chi connectivity index (χ3n) is 3.58. The Balaban J connectivity index is 2.16. The van der Waals surface area contributed by atoms with E-state index in [2.05, 4.69) is 15.3 Å². The van der Waals surface area contributed by atoms with Crippen molar-refractivity contribution in [3.05, 3.63) is 41.9 Å². The molecule has 3 aromatic heterocycles. The maximum absolute atomic E-state index is 13.0. The first-order valence-corrected chi connectivity index (χ1v) is 7.23. The summed E-state index contributed by atoms with van der Waals surface area (Å²) in [6, 6.07) is 5.86. The number of amides is 1. The molecule has 0 saturated heterocycles. The lowest BCUT2D eigenvalue weighted by molar-refractivity contribution is -0.137. The highest BCUT2D eigenvalue weighted by atomic mass is 19.4. The van der Waals surface area contributed by atoms with Crippen LogP contribution in [0.1, 0.15) is 18.2 Å². The van der Waals surface area contributed by atoms with E-state index in [1.807, 2.05) is 6.07 Å². The molecule has 26 heavy (non-hydrogen) atoms. The second-order valence-corrected chi connectivity index (χ2v) is 5.40. The average Bonchev–Trinajstić information content (AvgIpc) is 2.89. The van der Waals surface area contributed by atoms with Gasteiger partial charge in [-0.05, 0) is 18.2 Å². The summed E-state index contributed by atoms with van der Waals surface area (Å²) in [6.07, 6.45) is -1.98. The van der Waals surface area contributed by atoms with E-state index >= 15 is 0 Å². The summed E-state index contributed by atoms with van der Waals surface area (Å²) in [5.74, 6) is -0.943. The summed E-state index contributed by atoms with van der Waals surface area (Å²) >= 11 is 0. The maximum atomic E-state index is 13.0. The Morgan fingerprint density at radius 3 is 2.69 bits per heavy atom. The number of anilines is 2. The van der Waals surface area contributed by atoms with Gasteiger partial charge in [0.2, 0.25) is 5.91 Å². The molecule has 10 heteroatoms. The van der Waals surface area contributed by atoms with Gasteiger partial charge in [-0.1, -0.05) is 0 Å². The number of fused-ring (bicyclic) bond motifs is 1. The summed E-state index contributed by atoms with van der Waals surface area (Å²) in [5, 5.41) is 11.8. The van der Waals surface area contributed by atoms with Crippen molar-refractivity contribution >= 4 is 23.2 Å². The summed E-state index contributed by atoms with van der Waals surface area (Å²) in [6.45, 7) is 1.27. The molecule has 3 aromatic rings. The van der Waals surface area contributed by atoms with Crippen molar-refractivity contribution in [3.8, 4) is 17.2 Å². The van der Waals surface area contributed by atoms with E-state index in [1.54, 1.807) is 0 Å². The van der Waals surface area contributed by atoms with E-state index in [1.165, 1.54) is 35.9 Å². The number of carbonyl (C=O) groups is 1. The number of alkyl halides is 3. The Hall–Kier alpha value is -3.61. The van der Waals surface area contributed by atoms with E-state index < -0.39 is 23.5 Å². The van der Waals surface area contributed by atoms with Crippen molar-refractivity contribution in [3.63, 3.8) is 0 Å². The highest BCUT2D eigenvalue weighted by Crippen LogP contribution is 2.35. The Labute approximate surface area is 144 Å². The van der Waals surface area contributed by atoms with Crippen LogP contribution in [0.5, 0.6) is 0 Å². The molecule has 0 aliphatic carbocycles. The minimum atomic E-state index is -4.64. The third kappa shape index (κ3) is 3.02. The van der Waals surface area contributed by atoms with Crippen LogP contribution in [-0.4, -0.2) is 20.3 Å². The Morgan fingerprint density at radius 2 is 2.08 bits per heavy atom. The van der Waals surface area contributed by atoms with Gasteiger partial charge in [0.25, 0.3) is 0 Å². The van der Waals surface area contributed by atoms with Gasteiger partial charge in [0.05, 0.1) is 5.56 Å². The van der Waals surface area contributed by atoms with Crippen LogP contribution in [0.3, 0.4) is 0 Å². The summed E-state index contributed by atoms with van der Waals surface area (Å²) in [7, 11) is 0. The molecule has 0 aliphatic heterocycles. The molecule has 1 amide bonds. The van der Waals surface area contributed by atoms with Crippen molar-refractivity contribution in [2.45, 2.75) is 13.1 Å². The van der Waals surface area contributed by atoms with Gasteiger partial charge < -0.3 is 11.1 Å². The number of nitrogens with zero attached hydrogens (tertiary/aromatic N) is 4. The number of rotatable bonds is 2. The Morgan fingerprint density at radius 1 is 1.35 bits per heavy atom. The fraction of sp³-hybridized carbons (Fsp3) is 0.125. The summed E-state index contributed by atoms with van der Waals surface area (Å²) in [5.41, 5.74) is 5.22. The SMILES string of the molecule is CC(=O)Nc1nc2ccc(-c3cnc(N)c(C(F)(F)F)c3)cn2c1C#N. The van der Waals surface area contributed by atoms with Crippen LogP contribution in [0.25, 0.3) is 16.8 Å². The van der Waals surface area contributed by atoms with Gasteiger partial charge in [0.15, 0.2) is 11.5 Å². The number of aromatic nitrogens is 3. The van der Waals surface area contributed by atoms with Gasteiger partial charge >= 0.3 is 6.18 Å². The van der Waals surface area contributed by atoms with E-state index in [4.69, 9.17) is 5.73 Å². The van der Waals surface area contributed by atoms with E-state index in [0.717, 1.165) is 6.07 Å².